The van der Waals surface area contributed by atoms with E-state index in [1.807, 2.05) is 0 Å². The third kappa shape index (κ3) is 14.0. The summed E-state index contributed by atoms with van der Waals surface area (Å²) in [5.74, 6) is -5.38. The molecule has 0 aromatic rings. The number of unbranched alkanes of at least 4 members (excludes halogenated alkanes) is 1. The number of carboxylic acids is 2. The second-order valence-corrected chi connectivity index (χ2v) is 7.98. The van der Waals surface area contributed by atoms with E-state index in [0.717, 1.165) is 0 Å². The van der Waals surface area contributed by atoms with Gasteiger partial charge in [-0.05, 0) is 38.6 Å². The Morgan fingerprint density at radius 2 is 1.33 bits per heavy atom. The van der Waals surface area contributed by atoms with E-state index in [9.17, 15) is 29.1 Å². The Hall–Kier alpha value is -3.50. The largest absolute Gasteiger partial charge is 0.481 e. The number of aliphatic imine (C=N–C) groups is 1. The molecule has 4 atom stereocenters. The summed E-state index contributed by atoms with van der Waals surface area (Å²) in [7, 11) is 0. The quantitative estimate of drug-likeness (QED) is 0.0443. The molecule has 0 aliphatic heterocycles. The summed E-state index contributed by atoms with van der Waals surface area (Å²) in [6.07, 6.45) is 0.919. The van der Waals surface area contributed by atoms with Crippen LogP contribution in [-0.2, 0) is 24.0 Å². The van der Waals surface area contributed by atoms with Crippen LogP contribution in [0.3, 0.4) is 0 Å². The van der Waals surface area contributed by atoms with E-state index in [1.165, 1.54) is 0 Å². The van der Waals surface area contributed by atoms with Crippen molar-refractivity contribution in [2.24, 2.45) is 27.9 Å². The third-order valence-corrected chi connectivity index (χ3v) is 4.96. The van der Waals surface area contributed by atoms with Gasteiger partial charge in [0, 0.05) is 13.0 Å². The number of hydrogen-bond acceptors (Lipinski definition) is 9. The van der Waals surface area contributed by atoms with E-state index in [2.05, 4.69) is 20.9 Å². The Balaban J connectivity index is 5.53. The van der Waals surface area contributed by atoms with Crippen LogP contribution in [0.15, 0.2) is 4.99 Å². The SMILES string of the molecule is NCCCCC(N)C(=O)NC(CCC(=O)O)C(=O)NC(CCCN=C(N)N)C(=O)NC(CO)C(=O)O. The number of carbonyl (C=O) groups is 5. The topological polar surface area (TPSA) is 299 Å². The summed E-state index contributed by atoms with van der Waals surface area (Å²) in [5.41, 5.74) is 21.8. The Morgan fingerprint density at radius 1 is 0.778 bits per heavy atom. The second-order valence-electron chi connectivity index (χ2n) is 7.98. The van der Waals surface area contributed by atoms with Gasteiger partial charge in [-0.25, -0.2) is 4.79 Å². The summed E-state index contributed by atoms with van der Waals surface area (Å²) in [4.78, 5) is 64.0. The zero-order valence-corrected chi connectivity index (χ0v) is 20.0. The van der Waals surface area contributed by atoms with Crippen molar-refractivity contribution in [2.45, 2.75) is 69.1 Å². The molecule has 206 valence electrons. The third-order valence-electron chi connectivity index (χ3n) is 4.96. The first-order valence-electron chi connectivity index (χ1n) is 11.4. The van der Waals surface area contributed by atoms with Crippen molar-refractivity contribution < 1.29 is 39.3 Å². The van der Waals surface area contributed by atoms with Crippen molar-refractivity contribution >= 4 is 35.6 Å². The molecule has 0 radical (unpaired) electrons. The lowest BCUT2D eigenvalue weighted by atomic mass is 10.1. The molecule has 0 aromatic heterocycles. The van der Waals surface area contributed by atoms with Crippen LogP contribution in [-0.4, -0.2) is 94.8 Å². The molecule has 0 aliphatic carbocycles. The van der Waals surface area contributed by atoms with Gasteiger partial charge < -0.3 is 54.2 Å². The summed E-state index contributed by atoms with van der Waals surface area (Å²) in [5, 5.41) is 34.1. The fraction of sp³-hybridized carbons (Fsp3) is 0.700. The maximum Gasteiger partial charge on any atom is 0.328 e. The molecule has 3 amide bonds. The maximum absolute atomic E-state index is 12.9. The van der Waals surface area contributed by atoms with Crippen molar-refractivity contribution in [1.29, 1.82) is 0 Å². The van der Waals surface area contributed by atoms with Gasteiger partial charge in [-0.3, -0.25) is 24.2 Å². The zero-order chi connectivity index (χ0) is 27.7. The summed E-state index contributed by atoms with van der Waals surface area (Å²) < 4.78 is 0. The van der Waals surface area contributed by atoms with Crippen molar-refractivity contribution in [3.63, 3.8) is 0 Å². The number of nitrogens with one attached hydrogen (secondary N) is 3. The van der Waals surface area contributed by atoms with Gasteiger partial charge >= 0.3 is 11.9 Å². The number of aliphatic carboxylic acids is 2. The minimum Gasteiger partial charge on any atom is -0.481 e. The van der Waals surface area contributed by atoms with Crippen molar-refractivity contribution in [1.82, 2.24) is 16.0 Å². The predicted molar refractivity (Wildman–Crippen MR) is 128 cm³/mol. The van der Waals surface area contributed by atoms with Crippen LogP contribution in [0.4, 0.5) is 0 Å². The Bertz CT molecular complexity index is 775. The summed E-state index contributed by atoms with van der Waals surface area (Å²) >= 11 is 0. The molecule has 0 rings (SSSR count). The van der Waals surface area contributed by atoms with E-state index in [-0.39, 0.29) is 31.8 Å². The number of aliphatic hydroxyl groups excluding tert-OH is 1. The van der Waals surface area contributed by atoms with Crippen LogP contribution >= 0.6 is 0 Å². The highest BCUT2D eigenvalue weighted by Gasteiger charge is 2.30. The highest BCUT2D eigenvalue weighted by Crippen LogP contribution is 2.06. The van der Waals surface area contributed by atoms with Gasteiger partial charge in [-0.1, -0.05) is 6.42 Å². The molecule has 0 spiro atoms. The van der Waals surface area contributed by atoms with E-state index in [0.29, 0.717) is 25.8 Å². The van der Waals surface area contributed by atoms with Crippen LogP contribution < -0.4 is 38.9 Å². The van der Waals surface area contributed by atoms with Gasteiger partial charge in [0.05, 0.1) is 12.6 Å². The average molecular weight is 519 g/mol. The number of aliphatic hydroxyl groups is 1. The first kappa shape index (κ1) is 32.5. The number of carbonyl (C=O) groups excluding carboxylic acids is 3. The predicted octanol–water partition coefficient (Wildman–Crippen LogP) is -4.11. The average Bonchev–Trinajstić information content (AvgIpc) is 2.80. The molecule has 16 heteroatoms. The van der Waals surface area contributed by atoms with Crippen LogP contribution in [0.2, 0.25) is 0 Å². The fourth-order valence-electron chi connectivity index (χ4n) is 2.96. The molecule has 16 nitrogen and oxygen atoms in total. The van der Waals surface area contributed by atoms with E-state index in [4.69, 9.17) is 33.1 Å². The van der Waals surface area contributed by atoms with Gasteiger partial charge in [-0.15, -0.1) is 0 Å². The number of guanidine groups is 1. The van der Waals surface area contributed by atoms with Gasteiger partial charge in [0.2, 0.25) is 17.7 Å². The van der Waals surface area contributed by atoms with Gasteiger partial charge in [0.1, 0.15) is 18.1 Å². The Labute approximate surface area is 208 Å². The lowest BCUT2D eigenvalue weighted by molar-refractivity contribution is -0.143. The first-order chi connectivity index (χ1) is 16.9. The number of carboxylic acid groups (broad SMARTS) is 2. The lowest BCUT2D eigenvalue weighted by Crippen LogP contribution is -2.57. The molecular formula is C20H38N8O8. The zero-order valence-electron chi connectivity index (χ0n) is 20.0. The highest BCUT2D eigenvalue weighted by atomic mass is 16.4. The van der Waals surface area contributed by atoms with Crippen molar-refractivity contribution in [3.8, 4) is 0 Å². The summed E-state index contributed by atoms with van der Waals surface area (Å²) in [6, 6.07) is -5.22. The molecule has 4 unspecified atom stereocenters. The first-order valence-corrected chi connectivity index (χ1v) is 11.4. The standard InChI is InChI=1S/C20H38N8O8/c21-8-2-1-4-11(22)16(32)26-13(6-7-15(30)31)18(34)27-12(5-3-9-25-20(23)24)17(33)28-14(10-29)19(35)36/h11-14,29H,1-10,21-22H2,(H,26,32)(H,27,34)(H,28,33)(H,30,31)(H,35,36)(H4,23,24,25). The Morgan fingerprint density at radius 3 is 1.83 bits per heavy atom. The number of hydrogen-bond donors (Lipinski definition) is 10. The maximum atomic E-state index is 12.9. The highest BCUT2D eigenvalue weighted by molar-refractivity contribution is 5.94. The smallest absolute Gasteiger partial charge is 0.328 e. The molecule has 0 aromatic carbocycles. The Kier molecular flexibility index (Phi) is 16.1. The molecule has 0 saturated heterocycles. The van der Waals surface area contributed by atoms with Crippen LogP contribution in [0.25, 0.3) is 0 Å². The summed E-state index contributed by atoms with van der Waals surface area (Å²) in [6.45, 7) is -0.375. The molecular weight excluding hydrogens is 480 g/mol. The fourth-order valence-corrected chi connectivity index (χ4v) is 2.96. The number of nitrogens with two attached hydrogens (primary N) is 4. The number of nitrogens with zero attached hydrogens (tertiary/aromatic N) is 1. The van der Waals surface area contributed by atoms with Crippen LogP contribution in [0, 0.1) is 0 Å². The molecule has 0 heterocycles. The van der Waals surface area contributed by atoms with Gasteiger partial charge in [-0.2, -0.15) is 0 Å². The van der Waals surface area contributed by atoms with Crippen LogP contribution in [0.5, 0.6) is 0 Å². The molecule has 0 fully saturated rings. The monoisotopic (exact) mass is 518 g/mol. The van der Waals surface area contributed by atoms with E-state index < -0.39 is 66.9 Å². The second kappa shape index (κ2) is 17.9. The minimum absolute atomic E-state index is 0.0374. The normalized spacial score (nSPS) is 14.0. The van der Waals surface area contributed by atoms with Gasteiger partial charge in [0.15, 0.2) is 5.96 Å². The number of rotatable bonds is 19. The minimum atomic E-state index is -1.62. The van der Waals surface area contributed by atoms with Crippen LogP contribution in [0.1, 0.15) is 44.9 Å². The number of amides is 3. The van der Waals surface area contributed by atoms with Gasteiger partial charge in [0.25, 0.3) is 0 Å². The van der Waals surface area contributed by atoms with E-state index in [1.54, 1.807) is 0 Å². The lowest BCUT2D eigenvalue weighted by Gasteiger charge is -2.24. The molecule has 0 saturated carbocycles. The molecule has 0 bridgehead atoms. The van der Waals surface area contributed by atoms with Crippen molar-refractivity contribution in [2.75, 3.05) is 19.7 Å². The van der Waals surface area contributed by atoms with E-state index >= 15 is 0 Å². The van der Waals surface area contributed by atoms with Crippen molar-refractivity contribution in [3.05, 3.63) is 0 Å². The molecule has 36 heavy (non-hydrogen) atoms. The molecule has 14 N–H and O–H groups in total. The molecule has 0 aliphatic rings.